The number of anilines is 1. The molecule has 0 spiro atoms. The quantitative estimate of drug-likeness (QED) is 0.802. The Morgan fingerprint density at radius 3 is 2.76 bits per heavy atom. The van der Waals surface area contributed by atoms with Crippen molar-refractivity contribution in [3.8, 4) is 0 Å². The number of benzene rings is 1. The molecule has 0 unspecified atom stereocenters. The minimum Gasteiger partial charge on any atom is -0.285 e. The molecule has 6 nitrogen and oxygen atoms in total. The van der Waals surface area contributed by atoms with Gasteiger partial charge < -0.3 is 0 Å². The van der Waals surface area contributed by atoms with Gasteiger partial charge in [-0.05, 0) is 37.3 Å². The van der Waals surface area contributed by atoms with E-state index in [0.717, 1.165) is 6.07 Å². The van der Waals surface area contributed by atoms with E-state index in [1.54, 1.807) is 17.4 Å². The molecule has 0 aliphatic heterocycles. The van der Waals surface area contributed by atoms with Crippen LogP contribution in [0.5, 0.6) is 0 Å². The highest BCUT2D eigenvalue weighted by Gasteiger charge is 2.16. The highest BCUT2D eigenvalue weighted by Crippen LogP contribution is 2.17. The summed E-state index contributed by atoms with van der Waals surface area (Å²) in [5.41, 5.74) is 0.716. The smallest absolute Gasteiger partial charge is 0.263 e. The monoisotopic (exact) mass is 306 g/mol. The summed E-state index contributed by atoms with van der Waals surface area (Å²) in [6.45, 7) is 1.72. The molecule has 8 heteroatoms. The van der Waals surface area contributed by atoms with E-state index < -0.39 is 15.8 Å². The molecule has 0 saturated carbocycles. The Balaban J connectivity index is 2.01. The van der Waals surface area contributed by atoms with E-state index in [2.05, 4.69) is 14.9 Å². The Bertz CT molecular complexity index is 921. The first-order valence-corrected chi connectivity index (χ1v) is 7.54. The van der Waals surface area contributed by atoms with Crippen molar-refractivity contribution >= 4 is 21.4 Å². The van der Waals surface area contributed by atoms with Crippen LogP contribution in [0.1, 0.15) is 5.82 Å². The van der Waals surface area contributed by atoms with Crippen molar-refractivity contribution in [2.24, 2.45) is 0 Å². The van der Waals surface area contributed by atoms with Gasteiger partial charge in [0.2, 0.25) is 0 Å². The first-order chi connectivity index (χ1) is 9.95. The Labute approximate surface area is 120 Å². The number of aromatic nitrogens is 3. The van der Waals surface area contributed by atoms with Gasteiger partial charge in [-0.3, -0.25) is 9.12 Å². The lowest BCUT2D eigenvalue weighted by Crippen LogP contribution is -2.13. The predicted molar refractivity (Wildman–Crippen MR) is 74.9 cm³/mol. The number of nitrogens with one attached hydrogen (secondary N) is 1. The van der Waals surface area contributed by atoms with Crippen LogP contribution >= 0.6 is 0 Å². The van der Waals surface area contributed by atoms with Gasteiger partial charge in [0.1, 0.15) is 16.5 Å². The summed E-state index contributed by atoms with van der Waals surface area (Å²) in [4.78, 5) is 0.0437. The van der Waals surface area contributed by atoms with Crippen molar-refractivity contribution in [3.63, 3.8) is 0 Å². The molecule has 1 N–H and O–H groups in total. The number of rotatable bonds is 3. The molecule has 0 bridgehead atoms. The van der Waals surface area contributed by atoms with E-state index in [4.69, 9.17) is 0 Å². The molecule has 0 radical (unpaired) electrons. The van der Waals surface area contributed by atoms with E-state index in [9.17, 15) is 12.8 Å². The van der Waals surface area contributed by atoms with E-state index in [1.807, 2.05) is 0 Å². The number of pyridine rings is 1. The molecular formula is C13H11FN4O2S. The Morgan fingerprint density at radius 2 is 2.00 bits per heavy atom. The topological polar surface area (TPSA) is 76.4 Å². The Kier molecular flexibility index (Phi) is 3.09. The fourth-order valence-electron chi connectivity index (χ4n) is 1.91. The summed E-state index contributed by atoms with van der Waals surface area (Å²) >= 11 is 0. The molecule has 3 aromatic rings. The minimum atomic E-state index is -3.81. The van der Waals surface area contributed by atoms with Gasteiger partial charge in [-0.15, -0.1) is 10.2 Å². The van der Waals surface area contributed by atoms with Crippen molar-refractivity contribution in [1.29, 1.82) is 0 Å². The zero-order chi connectivity index (χ0) is 15.0. The van der Waals surface area contributed by atoms with Crippen LogP contribution in [0.4, 0.5) is 10.1 Å². The van der Waals surface area contributed by atoms with Crippen LogP contribution in [0, 0.1) is 12.7 Å². The number of hydrogen-bond donors (Lipinski definition) is 1. The summed E-state index contributed by atoms with van der Waals surface area (Å²) in [5, 5.41) is 7.75. The first kappa shape index (κ1) is 13.5. The molecule has 3 rings (SSSR count). The normalized spacial score (nSPS) is 11.7. The van der Waals surface area contributed by atoms with E-state index >= 15 is 0 Å². The molecule has 2 aromatic heterocycles. The lowest BCUT2D eigenvalue weighted by molar-refractivity contribution is 0.600. The second-order valence-electron chi connectivity index (χ2n) is 4.46. The Morgan fingerprint density at radius 1 is 1.19 bits per heavy atom. The summed E-state index contributed by atoms with van der Waals surface area (Å²) in [6.07, 6.45) is 1.42. The van der Waals surface area contributed by atoms with Crippen LogP contribution < -0.4 is 4.72 Å². The zero-order valence-electron chi connectivity index (χ0n) is 11.0. The fourth-order valence-corrected chi connectivity index (χ4v) is 2.96. The summed E-state index contributed by atoms with van der Waals surface area (Å²) in [6, 6.07) is 8.24. The molecule has 0 aliphatic carbocycles. The molecule has 0 saturated heterocycles. The number of hydrogen-bond acceptors (Lipinski definition) is 4. The van der Waals surface area contributed by atoms with E-state index in [-0.39, 0.29) is 10.6 Å². The molecule has 0 amide bonds. The number of aryl methyl sites for hydroxylation is 1. The fraction of sp³-hybridized carbons (Fsp3) is 0.0769. The van der Waals surface area contributed by atoms with Gasteiger partial charge >= 0.3 is 0 Å². The van der Waals surface area contributed by atoms with Crippen molar-refractivity contribution < 1.29 is 12.8 Å². The predicted octanol–water partition coefficient (Wildman–Crippen LogP) is 1.98. The first-order valence-electron chi connectivity index (χ1n) is 6.05. The third-order valence-electron chi connectivity index (χ3n) is 2.93. The van der Waals surface area contributed by atoms with Gasteiger partial charge in [0.25, 0.3) is 10.0 Å². The van der Waals surface area contributed by atoms with Crippen molar-refractivity contribution in [3.05, 3.63) is 54.2 Å². The maximum atomic E-state index is 13.1. The SMILES string of the molecule is Cc1nnc2ccc(S(=O)(=O)Nc3cccc(F)c3)cn12. The average Bonchev–Trinajstić information content (AvgIpc) is 2.79. The molecule has 0 aliphatic rings. The largest absolute Gasteiger partial charge is 0.285 e. The van der Waals surface area contributed by atoms with Gasteiger partial charge in [0, 0.05) is 6.20 Å². The van der Waals surface area contributed by atoms with Crippen molar-refractivity contribution in [2.45, 2.75) is 11.8 Å². The molecule has 21 heavy (non-hydrogen) atoms. The van der Waals surface area contributed by atoms with E-state index in [1.165, 1.54) is 30.5 Å². The molecule has 0 fully saturated rings. The third kappa shape index (κ3) is 2.57. The lowest BCUT2D eigenvalue weighted by atomic mass is 10.3. The van der Waals surface area contributed by atoms with E-state index in [0.29, 0.717) is 11.5 Å². The molecular weight excluding hydrogens is 295 g/mol. The van der Waals surface area contributed by atoms with Crippen LogP contribution in [0.25, 0.3) is 5.65 Å². The average molecular weight is 306 g/mol. The Hall–Kier alpha value is -2.48. The van der Waals surface area contributed by atoms with Crippen molar-refractivity contribution in [2.75, 3.05) is 4.72 Å². The zero-order valence-corrected chi connectivity index (χ0v) is 11.8. The minimum absolute atomic E-state index is 0.0437. The summed E-state index contributed by atoms with van der Waals surface area (Å²) in [7, 11) is -3.81. The van der Waals surface area contributed by atoms with Gasteiger partial charge in [0.15, 0.2) is 5.65 Å². The molecule has 2 heterocycles. The van der Waals surface area contributed by atoms with Gasteiger partial charge in [0.05, 0.1) is 5.69 Å². The molecule has 1 aromatic carbocycles. The number of fused-ring (bicyclic) bond motifs is 1. The maximum absolute atomic E-state index is 13.1. The number of sulfonamides is 1. The van der Waals surface area contributed by atoms with Crippen molar-refractivity contribution in [1.82, 2.24) is 14.6 Å². The maximum Gasteiger partial charge on any atom is 0.263 e. The van der Waals surface area contributed by atoms with Gasteiger partial charge in [-0.1, -0.05) is 6.07 Å². The van der Waals surface area contributed by atoms with Crippen LogP contribution in [-0.4, -0.2) is 23.0 Å². The van der Waals surface area contributed by atoms with Gasteiger partial charge in [-0.2, -0.15) is 0 Å². The second kappa shape index (κ2) is 4.81. The van der Waals surface area contributed by atoms with Crippen LogP contribution in [-0.2, 0) is 10.0 Å². The van der Waals surface area contributed by atoms with Gasteiger partial charge in [-0.25, -0.2) is 12.8 Å². The highest BCUT2D eigenvalue weighted by molar-refractivity contribution is 7.92. The number of nitrogens with zero attached hydrogens (tertiary/aromatic N) is 3. The summed E-state index contributed by atoms with van der Waals surface area (Å²) in [5.74, 6) is 0.0631. The standard InChI is InChI=1S/C13H11FN4O2S/c1-9-15-16-13-6-5-12(8-18(9)13)21(19,20)17-11-4-2-3-10(14)7-11/h2-8,17H,1H3. The van der Waals surface area contributed by atoms with Crippen LogP contribution in [0.15, 0.2) is 47.5 Å². The van der Waals surface area contributed by atoms with Crippen LogP contribution in [0.2, 0.25) is 0 Å². The summed E-state index contributed by atoms with van der Waals surface area (Å²) < 4.78 is 41.6. The second-order valence-corrected chi connectivity index (χ2v) is 6.14. The van der Waals surface area contributed by atoms with Crippen LogP contribution in [0.3, 0.4) is 0 Å². The molecule has 0 atom stereocenters. The third-order valence-corrected chi connectivity index (χ3v) is 4.30. The highest BCUT2D eigenvalue weighted by atomic mass is 32.2. The molecule has 108 valence electrons. The lowest BCUT2D eigenvalue weighted by Gasteiger charge is -2.08. The number of halogens is 1.